The highest BCUT2D eigenvalue weighted by Gasteiger charge is 2.53. The van der Waals surface area contributed by atoms with E-state index in [0.29, 0.717) is 25.0 Å². The SMILES string of the molecule is Cc1ccc(Nc2ccc(C)cc2C(C)(O)C(F)(F)F)c(C(C)(O)C(F)(F)F)c1. The van der Waals surface area contributed by atoms with Crippen molar-refractivity contribution in [3.8, 4) is 0 Å². The van der Waals surface area contributed by atoms with Crippen LogP contribution in [0, 0.1) is 13.8 Å². The molecule has 0 fully saturated rings. The molecule has 0 amide bonds. The maximum absolute atomic E-state index is 13.4. The molecule has 0 heterocycles. The number of rotatable bonds is 4. The number of nitrogens with one attached hydrogen (secondary N) is 1. The van der Waals surface area contributed by atoms with Crippen molar-refractivity contribution < 1.29 is 36.6 Å². The number of alkyl halides is 6. The Morgan fingerprint density at radius 2 is 0.966 bits per heavy atom. The third-order valence-electron chi connectivity index (χ3n) is 4.77. The van der Waals surface area contributed by atoms with Gasteiger partial charge in [0.05, 0.1) is 0 Å². The Hall–Kier alpha value is -2.26. The molecular formula is C20H21F6NO2. The van der Waals surface area contributed by atoms with Gasteiger partial charge in [-0.05, 0) is 39.8 Å². The second kappa shape index (κ2) is 7.21. The largest absolute Gasteiger partial charge is 0.421 e. The fourth-order valence-corrected chi connectivity index (χ4v) is 2.79. The highest BCUT2D eigenvalue weighted by molar-refractivity contribution is 5.69. The number of benzene rings is 2. The molecule has 3 N–H and O–H groups in total. The molecule has 3 nitrogen and oxygen atoms in total. The molecule has 2 rings (SSSR count). The summed E-state index contributed by atoms with van der Waals surface area (Å²) in [7, 11) is 0. The lowest BCUT2D eigenvalue weighted by Gasteiger charge is -2.31. The van der Waals surface area contributed by atoms with Crippen molar-refractivity contribution in [1.29, 1.82) is 0 Å². The molecule has 9 heteroatoms. The van der Waals surface area contributed by atoms with Gasteiger partial charge in [-0.1, -0.05) is 35.4 Å². The third-order valence-corrected chi connectivity index (χ3v) is 4.77. The van der Waals surface area contributed by atoms with Crippen LogP contribution in [0.3, 0.4) is 0 Å². The van der Waals surface area contributed by atoms with E-state index in [9.17, 15) is 36.6 Å². The van der Waals surface area contributed by atoms with Crippen LogP contribution in [0.4, 0.5) is 37.7 Å². The van der Waals surface area contributed by atoms with E-state index in [1.165, 1.54) is 38.1 Å². The highest BCUT2D eigenvalue weighted by Crippen LogP contribution is 2.45. The van der Waals surface area contributed by atoms with Crippen molar-refractivity contribution in [2.24, 2.45) is 0 Å². The number of halogens is 6. The summed E-state index contributed by atoms with van der Waals surface area (Å²) in [4.78, 5) is 0. The minimum absolute atomic E-state index is 0.235. The van der Waals surface area contributed by atoms with Crippen LogP contribution in [-0.2, 0) is 11.2 Å². The van der Waals surface area contributed by atoms with Crippen molar-refractivity contribution in [1.82, 2.24) is 0 Å². The molecule has 0 bridgehead atoms. The Morgan fingerprint density at radius 1 is 0.655 bits per heavy atom. The van der Waals surface area contributed by atoms with E-state index in [0.717, 1.165) is 12.1 Å². The molecule has 0 radical (unpaired) electrons. The molecule has 29 heavy (non-hydrogen) atoms. The smallest absolute Gasteiger partial charge is 0.376 e. The molecular weight excluding hydrogens is 400 g/mol. The van der Waals surface area contributed by atoms with Gasteiger partial charge in [0.2, 0.25) is 0 Å². The Balaban J connectivity index is 2.66. The summed E-state index contributed by atoms with van der Waals surface area (Å²) in [5.74, 6) is 0. The zero-order chi connectivity index (χ0) is 22.4. The third kappa shape index (κ3) is 4.35. The van der Waals surface area contributed by atoms with Gasteiger partial charge in [0, 0.05) is 22.5 Å². The van der Waals surface area contributed by atoms with Gasteiger partial charge in [0.15, 0.2) is 11.2 Å². The van der Waals surface area contributed by atoms with E-state index in [1.807, 2.05) is 0 Å². The molecule has 0 saturated heterocycles. The maximum atomic E-state index is 13.4. The van der Waals surface area contributed by atoms with Crippen molar-refractivity contribution in [3.05, 3.63) is 58.7 Å². The van der Waals surface area contributed by atoms with Gasteiger partial charge in [-0.25, -0.2) is 0 Å². The molecule has 2 aromatic rings. The predicted molar refractivity (Wildman–Crippen MR) is 96.9 cm³/mol. The topological polar surface area (TPSA) is 52.5 Å². The van der Waals surface area contributed by atoms with E-state index in [4.69, 9.17) is 0 Å². The maximum Gasteiger partial charge on any atom is 0.421 e. The number of hydrogen-bond acceptors (Lipinski definition) is 3. The second-order valence-electron chi connectivity index (χ2n) is 7.36. The van der Waals surface area contributed by atoms with Crippen molar-refractivity contribution in [2.45, 2.75) is 51.2 Å². The van der Waals surface area contributed by atoms with Crippen LogP contribution in [0.15, 0.2) is 36.4 Å². The monoisotopic (exact) mass is 421 g/mol. The highest BCUT2D eigenvalue weighted by atomic mass is 19.4. The minimum Gasteiger partial charge on any atom is -0.376 e. The van der Waals surface area contributed by atoms with Gasteiger partial charge in [0.1, 0.15) is 0 Å². The van der Waals surface area contributed by atoms with Gasteiger partial charge in [0.25, 0.3) is 0 Å². The summed E-state index contributed by atoms with van der Waals surface area (Å²) in [5.41, 5.74) is -7.24. The van der Waals surface area contributed by atoms with Gasteiger partial charge in [-0.15, -0.1) is 0 Å². The van der Waals surface area contributed by atoms with E-state index in [1.54, 1.807) is 0 Å². The Kier molecular flexibility index (Phi) is 5.73. The molecule has 160 valence electrons. The van der Waals surface area contributed by atoms with Crippen molar-refractivity contribution in [2.75, 3.05) is 5.32 Å². The van der Waals surface area contributed by atoms with E-state index in [2.05, 4.69) is 5.32 Å². The molecule has 2 atom stereocenters. The average molecular weight is 421 g/mol. The first kappa shape index (κ1) is 23.0. The summed E-state index contributed by atoms with van der Waals surface area (Å²) >= 11 is 0. The van der Waals surface area contributed by atoms with Crippen LogP contribution in [0.25, 0.3) is 0 Å². The Bertz CT molecular complexity index is 827. The van der Waals surface area contributed by atoms with E-state index >= 15 is 0 Å². The fraction of sp³-hybridized carbons (Fsp3) is 0.400. The summed E-state index contributed by atoms with van der Waals surface area (Å²) in [5, 5.41) is 22.8. The van der Waals surface area contributed by atoms with Gasteiger partial charge >= 0.3 is 12.4 Å². The molecule has 2 aromatic carbocycles. The summed E-state index contributed by atoms with van der Waals surface area (Å²) in [6.45, 7) is 4.17. The first-order valence-electron chi connectivity index (χ1n) is 8.56. The van der Waals surface area contributed by atoms with E-state index < -0.39 is 34.7 Å². The van der Waals surface area contributed by atoms with Crippen LogP contribution in [0.1, 0.15) is 36.1 Å². The molecule has 2 unspecified atom stereocenters. The lowest BCUT2D eigenvalue weighted by atomic mass is 9.90. The summed E-state index contributed by atoms with van der Waals surface area (Å²) in [6.07, 6.45) is -10.0. The van der Waals surface area contributed by atoms with Crippen LogP contribution >= 0.6 is 0 Å². The van der Waals surface area contributed by atoms with E-state index in [-0.39, 0.29) is 11.4 Å². The number of hydrogen-bond donors (Lipinski definition) is 3. The molecule has 0 aliphatic heterocycles. The molecule has 0 spiro atoms. The average Bonchev–Trinajstić information content (AvgIpc) is 2.55. The van der Waals surface area contributed by atoms with Crippen LogP contribution in [0.5, 0.6) is 0 Å². The zero-order valence-corrected chi connectivity index (χ0v) is 16.1. The quantitative estimate of drug-likeness (QED) is 0.565. The molecule has 0 aromatic heterocycles. The van der Waals surface area contributed by atoms with Crippen molar-refractivity contribution >= 4 is 11.4 Å². The molecule has 0 aliphatic carbocycles. The molecule has 0 saturated carbocycles. The first-order chi connectivity index (χ1) is 13.0. The number of aryl methyl sites for hydroxylation is 2. The zero-order valence-electron chi connectivity index (χ0n) is 16.1. The number of anilines is 2. The normalized spacial score (nSPS) is 16.8. The Labute approximate surface area is 164 Å². The van der Waals surface area contributed by atoms with Crippen molar-refractivity contribution in [3.63, 3.8) is 0 Å². The van der Waals surface area contributed by atoms with Crippen LogP contribution in [-0.4, -0.2) is 22.6 Å². The minimum atomic E-state index is -5.02. The summed E-state index contributed by atoms with van der Waals surface area (Å²) in [6, 6.07) is 7.58. The first-order valence-corrected chi connectivity index (χ1v) is 8.56. The van der Waals surface area contributed by atoms with Crippen LogP contribution in [0.2, 0.25) is 0 Å². The number of aliphatic hydroxyl groups is 2. The second-order valence-corrected chi connectivity index (χ2v) is 7.36. The predicted octanol–water partition coefficient (Wildman–Crippen LogP) is 5.59. The fourth-order valence-electron chi connectivity index (χ4n) is 2.79. The van der Waals surface area contributed by atoms with Gasteiger partial charge < -0.3 is 15.5 Å². The summed E-state index contributed by atoms with van der Waals surface area (Å²) < 4.78 is 80.3. The van der Waals surface area contributed by atoms with Gasteiger partial charge in [-0.2, -0.15) is 26.3 Å². The lowest BCUT2D eigenvalue weighted by Crippen LogP contribution is -2.40. The van der Waals surface area contributed by atoms with Crippen LogP contribution < -0.4 is 5.32 Å². The standard InChI is InChI=1S/C20H21F6NO2/c1-11-5-7-15(13(9-11)17(3,28)19(21,22)23)27-16-8-6-12(2)10-14(16)18(4,29)20(24,25)26/h5-10,27-29H,1-4H3. The van der Waals surface area contributed by atoms with Gasteiger partial charge in [-0.3, -0.25) is 0 Å². The Morgan fingerprint density at radius 3 is 1.24 bits per heavy atom. The lowest BCUT2D eigenvalue weighted by molar-refractivity contribution is -0.258. The molecule has 0 aliphatic rings.